The fraction of sp³-hybridized carbons (Fsp3) is 0.545. The van der Waals surface area contributed by atoms with Gasteiger partial charge in [-0.3, -0.25) is 0 Å². The van der Waals surface area contributed by atoms with Crippen LogP contribution >= 0.6 is 0 Å². The first kappa shape index (κ1) is 20.0. The fourth-order valence-corrected chi connectivity index (χ4v) is 3.97. The van der Waals surface area contributed by atoms with E-state index in [4.69, 9.17) is 0 Å². The Morgan fingerprint density at radius 2 is 1.77 bits per heavy atom. The molecule has 4 heteroatoms. The number of fused-ring (bicyclic) bond motifs is 1. The van der Waals surface area contributed by atoms with E-state index in [1.54, 1.807) is 0 Å². The number of nitrogens with one attached hydrogen (secondary N) is 1. The van der Waals surface area contributed by atoms with Crippen LogP contribution in [0.1, 0.15) is 64.5 Å². The molecule has 1 aromatic carbocycles. The van der Waals surface area contributed by atoms with E-state index in [0.717, 1.165) is 56.3 Å². The normalized spacial score (nSPS) is 15.2. The molecule has 26 heavy (non-hydrogen) atoms. The summed E-state index contributed by atoms with van der Waals surface area (Å²) in [6.07, 6.45) is 4.46. The molecule has 0 fully saturated rings. The standard InChI is InChI=1S/C22H31N3O/c1-5-13-25(14-6-2)21(26)24-20-18-12-10-9-11-17(18)15-22(7-3,8-4)19(20)16-23/h9-12H,5-8,13-15H2,1-4H3,(H,24,26). The van der Waals surface area contributed by atoms with E-state index in [1.807, 2.05) is 23.1 Å². The topological polar surface area (TPSA) is 56.1 Å². The molecule has 0 saturated carbocycles. The van der Waals surface area contributed by atoms with Gasteiger partial charge in [-0.1, -0.05) is 52.0 Å². The Bertz CT molecular complexity index is 704. The third kappa shape index (κ3) is 3.77. The van der Waals surface area contributed by atoms with Crippen LogP contribution in [0.25, 0.3) is 5.70 Å². The molecule has 2 amide bonds. The second-order valence-electron chi connectivity index (χ2n) is 7.10. The van der Waals surface area contributed by atoms with Crippen LogP contribution in [0.2, 0.25) is 0 Å². The summed E-state index contributed by atoms with van der Waals surface area (Å²) in [6, 6.07) is 10.5. The maximum absolute atomic E-state index is 12.9. The summed E-state index contributed by atoms with van der Waals surface area (Å²) >= 11 is 0. The Morgan fingerprint density at radius 3 is 2.31 bits per heavy atom. The van der Waals surface area contributed by atoms with Gasteiger partial charge in [0.15, 0.2) is 0 Å². The van der Waals surface area contributed by atoms with Gasteiger partial charge >= 0.3 is 6.03 Å². The minimum absolute atomic E-state index is 0.103. The Morgan fingerprint density at radius 1 is 1.15 bits per heavy atom. The van der Waals surface area contributed by atoms with Crippen LogP contribution in [0.4, 0.5) is 4.79 Å². The van der Waals surface area contributed by atoms with Crippen LogP contribution in [-0.2, 0) is 6.42 Å². The average molecular weight is 354 g/mol. The van der Waals surface area contributed by atoms with Crippen molar-refractivity contribution >= 4 is 11.7 Å². The van der Waals surface area contributed by atoms with Crippen LogP contribution in [-0.4, -0.2) is 24.0 Å². The molecule has 0 radical (unpaired) electrons. The largest absolute Gasteiger partial charge is 0.325 e. The SMILES string of the molecule is CCCN(CCC)C(=O)NC1=C(C#N)C(CC)(CC)Cc2ccccc21. The predicted octanol–water partition coefficient (Wildman–Crippen LogP) is 5.12. The zero-order chi connectivity index (χ0) is 19.2. The van der Waals surface area contributed by atoms with Crippen molar-refractivity contribution in [3.8, 4) is 6.07 Å². The Balaban J connectivity index is 2.51. The third-order valence-electron chi connectivity index (χ3n) is 5.57. The Kier molecular flexibility index (Phi) is 6.85. The zero-order valence-electron chi connectivity index (χ0n) is 16.6. The second kappa shape index (κ2) is 8.89. The van der Waals surface area contributed by atoms with Gasteiger partial charge in [-0.15, -0.1) is 0 Å². The van der Waals surface area contributed by atoms with Gasteiger partial charge in [-0.25, -0.2) is 4.79 Å². The van der Waals surface area contributed by atoms with Gasteiger partial charge in [0.1, 0.15) is 0 Å². The molecule has 0 heterocycles. The van der Waals surface area contributed by atoms with Gasteiger partial charge in [0.25, 0.3) is 0 Å². The van der Waals surface area contributed by atoms with Crippen LogP contribution in [0.3, 0.4) is 0 Å². The van der Waals surface area contributed by atoms with Crippen molar-refractivity contribution in [2.75, 3.05) is 13.1 Å². The van der Waals surface area contributed by atoms with E-state index in [0.29, 0.717) is 5.70 Å². The molecule has 1 aromatic rings. The summed E-state index contributed by atoms with van der Waals surface area (Å²) in [5, 5.41) is 13.1. The van der Waals surface area contributed by atoms with E-state index in [9.17, 15) is 10.1 Å². The molecule has 140 valence electrons. The van der Waals surface area contributed by atoms with Gasteiger partial charge in [-0.2, -0.15) is 5.26 Å². The molecule has 4 nitrogen and oxygen atoms in total. The molecule has 0 atom stereocenters. The van der Waals surface area contributed by atoms with Crippen molar-refractivity contribution in [2.45, 2.75) is 59.8 Å². The summed E-state index contributed by atoms with van der Waals surface area (Å²) in [5.74, 6) is 0. The first-order chi connectivity index (χ1) is 12.6. The highest BCUT2D eigenvalue weighted by Gasteiger charge is 2.39. The smallest absolute Gasteiger partial charge is 0.321 e. The predicted molar refractivity (Wildman–Crippen MR) is 106 cm³/mol. The average Bonchev–Trinajstić information content (AvgIpc) is 2.67. The molecule has 0 spiro atoms. The molecule has 2 rings (SSSR count). The van der Waals surface area contributed by atoms with Crippen LogP contribution < -0.4 is 5.32 Å². The summed E-state index contributed by atoms with van der Waals surface area (Å²) in [6.45, 7) is 9.87. The van der Waals surface area contributed by atoms with Crippen molar-refractivity contribution in [3.05, 3.63) is 41.0 Å². The maximum Gasteiger partial charge on any atom is 0.321 e. The van der Waals surface area contributed by atoms with Gasteiger partial charge in [0, 0.05) is 24.1 Å². The van der Waals surface area contributed by atoms with Gasteiger partial charge < -0.3 is 10.2 Å². The molecular formula is C22H31N3O. The Labute approximate surface area is 157 Å². The van der Waals surface area contributed by atoms with Crippen molar-refractivity contribution in [2.24, 2.45) is 5.41 Å². The van der Waals surface area contributed by atoms with Crippen LogP contribution in [0.5, 0.6) is 0 Å². The number of amides is 2. The number of nitrogens with zero attached hydrogens (tertiary/aromatic N) is 2. The summed E-state index contributed by atoms with van der Waals surface area (Å²) in [5.41, 5.74) is 3.43. The van der Waals surface area contributed by atoms with Crippen LogP contribution in [0, 0.1) is 16.7 Å². The lowest BCUT2D eigenvalue weighted by atomic mass is 9.66. The number of hydrogen-bond acceptors (Lipinski definition) is 2. The number of urea groups is 1. The molecule has 0 unspecified atom stereocenters. The van der Waals surface area contributed by atoms with Crippen molar-refractivity contribution in [1.29, 1.82) is 5.26 Å². The van der Waals surface area contributed by atoms with E-state index < -0.39 is 0 Å². The van der Waals surface area contributed by atoms with Crippen molar-refractivity contribution in [1.82, 2.24) is 10.2 Å². The van der Waals surface area contributed by atoms with E-state index in [2.05, 4.69) is 45.1 Å². The van der Waals surface area contributed by atoms with Gasteiger partial charge in [0.2, 0.25) is 0 Å². The summed E-state index contributed by atoms with van der Waals surface area (Å²) in [7, 11) is 0. The summed E-state index contributed by atoms with van der Waals surface area (Å²) in [4.78, 5) is 14.8. The highest BCUT2D eigenvalue weighted by atomic mass is 16.2. The highest BCUT2D eigenvalue weighted by molar-refractivity contribution is 5.89. The second-order valence-corrected chi connectivity index (χ2v) is 7.10. The quantitative estimate of drug-likeness (QED) is 0.740. The number of carbonyl (C=O) groups excluding carboxylic acids is 1. The number of carbonyl (C=O) groups is 1. The zero-order valence-corrected chi connectivity index (χ0v) is 16.6. The summed E-state index contributed by atoms with van der Waals surface area (Å²) < 4.78 is 0. The lowest BCUT2D eigenvalue weighted by molar-refractivity contribution is 0.202. The molecule has 1 aliphatic rings. The molecule has 0 bridgehead atoms. The molecule has 0 aliphatic heterocycles. The monoisotopic (exact) mass is 353 g/mol. The first-order valence-corrected chi connectivity index (χ1v) is 9.85. The highest BCUT2D eigenvalue weighted by Crippen LogP contribution is 2.46. The lowest BCUT2D eigenvalue weighted by Crippen LogP contribution is -2.42. The number of nitriles is 1. The third-order valence-corrected chi connectivity index (χ3v) is 5.57. The maximum atomic E-state index is 12.9. The van der Waals surface area contributed by atoms with Crippen LogP contribution in [0.15, 0.2) is 29.8 Å². The molecule has 1 aliphatic carbocycles. The van der Waals surface area contributed by atoms with E-state index >= 15 is 0 Å². The number of hydrogen-bond donors (Lipinski definition) is 1. The number of rotatable bonds is 7. The fourth-order valence-electron chi connectivity index (χ4n) is 3.97. The molecule has 0 aromatic heterocycles. The molecular weight excluding hydrogens is 322 g/mol. The van der Waals surface area contributed by atoms with Crippen molar-refractivity contribution < 1.29 is 4.79 Å². The Hall–Kier alpha value is -2.28. The van der Waals surface area contributed by atoms with E-state index in [-0.39, 0.29) is 11.4 Å². The van der Waals surface area contributed by atoms with Gasteiger partial charge in [0.05, 0.1) is 17.3 Å². The first-order valence-electron chi connectivity index (χ1n) is 9.85. The van der Waals surface area contributed by atoms with E-state index in [1.165, 1.54) is 5.56 Å². The minimum atomic E-state index is -0.202. The van der Waals surface area contributed by atoms with Crippen molar-refractivity contribution in [3.63, 3.8) is 0 Å². The molecule has 1 N–H and O–H groups in total. The van der Waals surface area contributed by atoms with Gasteiger partial charge in [-0.05, 0) is 37.7 Å². The number of allylic oxidation sites excluding steroid dienone is 1. The minimum Gasteiger partial charge on any atom is -0.325 e. The number of benzene rings is 1. The molecule has 0 saturated heterocycles. The lowest BCUT2D eigenvalue weighted by Gasteiger charge is -2.38.